The molecule has 2 aliphatic carbocycles. The Balaban J connectivity index is 2.01. The summed E-state index contributed by atoms with van der Waals surface area (Å²) in [5.41, 5.74) is 6.57. The summed E-state index contributed by atoms with van der Waals surface area (Å²) in [5.74, 6) is 0.672. The van der Waals surface area contributed by atoms with Gasteiger partial charge in [-0.2, -0.15) is 0 Å². The van der Waals surface area contributed by atoms with Crippen LogP contribution in [0.15, 0.2) is 33.5 Å². The predicted molar refractivity (Wildman–Crippen MR) is 83.5 cm³/mol. The topological polar surface area (TPSA) is 15.3 Å². The molecule has 2 aliphatic heterocycles. The average molecular weight is 291 g/mol. The van der Waals surface area contributed by atoms with Crippen LogP contribution in [0.25, 0.3) is 0 Å². The summed E-state index contributed by atoms with van der Waals surface area (Å²) in [7, 11) is 2.29. The zero-order chi connectivity index (χ0) is 14.1. The Morgan fingerprint density at radius 1 is 1.40 bits per heavy atom. The van der Waals surface area contributed by atoms with Crippen molar-refractivity contribution < 1.29 is 0 Å². The van der Waals surface area contributed by atoms with E-state index in [2.05, 4.69) is 37.2 Å². The third kappa shape index (κ3) is 1.50. The van der Waals surface area contributed by atoms with Crippen LogP contribution < -0.4 is 5.32 Å². The lowest BCUT2D eigenvalue weighted by Gasteiger charge is -2.47. The third-order valence-corrected chi connectivity index (χ3v) is 6.55. The Labute approximate surface area is 126 Å². The van der Waals surface area contributed by atoms with E-state index < -0.39 is 0 Å². The van der Waals surface area contributed by atoms with E-state index in [1.165, 1.54) is 24.8 Å². The van der Waals surface area contributed by atoms with Crippen molar-refractivity contribution in [1.29, 1.82) is 0 Å². The van der Waals surface area contributed by atoms with Gasteiger partial charge < -0.3 is 10.2 Å². The van der Waals surface area contributed by atoms with Gasteiger partial charge in [0.05, 0.1) is 0 Å². The molecule has 3 unspecified atom stereocenters. The van der Waals surface area contributed by atoms with E-state index in [1.54, 1.807) is 16.8 Å². The van der Waals surface area contributed by atoms with Crippen molar-refractivity contribution in [2.24, 2.45) is 11.3 Å². The Morgan fingerprint density at radius 2 is 2.20 bits per heavy atom. The van der Waals surface area contributed by atoms with Crippen LogP contribution in [0.5, 0.6) is 0 Å². The van der Waals surface area contributed by atoms with Crippen LogP contribution >= 0.6 is 11.6 Å². The molecule has 0 radical (unpaired) electrons. The standard InChI is InChI=1S/C17H23ClN2/c1-10-16-7-13-12-6-11(18)8-19-9-17(10,2)14(12)4-5-15(13)20(16)3/h6,10,16,19H,4-5,7-9H2,1-3H3/b11-6+. The molecule has 0 aromatic rings. The number of rotatable bonds is 0. The van der Waals surface area contributed by atoms with Gasteiger partial charge in [0.2, 0.25) is 0 Å². The fourth-order valence-electron chi connectivity index (χ4n) is 4.93. The minimum Gasteiger partial charge on any atom is -0.374 e. The smallest absolute Gasteiger partial charge is 0.0359 e. The minimum atomic E-state index is 0.260. The first-order valence-electron chi connectivity index (χ1n) is 7.78. The second-order valence-electron chi connectivity index (χ2n) is 7.10. The molecule has 3 atom stereocenters. The Morgan fingerprint density at radius 3 is 3.00 bits per heavy atom. The average Bonchev–Trinajstić information content (AvgIpc) is 2.71. The van der Waals surface area contributed by atoms with Crippen LogP contribution in [-0.2, 0) is 0 Å². The molecule has 4 rings (SSSR count). The molecule has 4 aliphatic rings. The fraction of sp³-hybridized carbons (Fsp3) is 0.647. The van der Waals surface area contributed by atoms with Crippen molar-refractivity contribution in [2.75, 3.05) is 20.1 Å². The van der Waals surface area contributed by atoms with Crippen LogP contribution in [0.2, 0.25) is 0 Å². The highest BCUT2D eigenvalue weighted by Gasteiger charge is 2.50. The van der Waals surface area contributed by atoms with Gasteiger partial charge >= 0.3 is 0 Å². The highest BCUT2D eigenvalue weighted by Crippen LogP contribution is 2.56. The van der Waals surface area contributed by atoms with E-state index in [4.69, 9.17) is 11.6 Å². The van der Waals surface area contributed by atoms with Gasteiger partial charge in [0.25, 0.3) is 0 Å². The van der Waals surface area contributed by atoms with Gasteiger partial charge in [-0.3, -0.25) is 0 Å². The summed E-state index contributed by atoms with van der Waals surface area (Å²) < 4.78 is 0. The van der Waals surface area contributed by atoms with E-state index >= 15 is 0 Å². The second-order valence-corrected chi connectivity index (χ2v) is 7.59. The molecule has 0 aromatic heterocycles. The van der Waals surface area contributed by atoms with Crippen molar-refractivity contribution in [3.05, 3.63) is 33.5 Å². The third-order valence-electron chi connectivity index (χ3n) is 6.31. The lowest BCUT2D eigenvalue weighted by molar-refractivity contribution is 0.126. The highest BCUT2D eigenvalue weighted by atomic mass is 35.5. The molecule has 2 nitrogen and oxygen atoms in total. The first-order valence-corrected chi connectivity index (χ1v) is 8.16. The largest absolute Gasteiger partial charge is 0.374 e. The molecule has 0 fully saturated rings. The van der Waals surface area contributed by atoms with Crippen molar-refractivity contribution in [1.82, 2.24) is 10.2 Å². The van der Waals surface area contributed by atoms with Crippen molar-refractivity contribution in [3.8, 4) is 0 Å². The summed E-state index contributed by atoms with van der Waals surface area (Å²) in [6, 6.07) is 0.657. The number of allylic oxidation sites excluding steroid dienone is 3. The molecule has 0 aromatic carbocycles. The zero-order valence-corrected chi connectivity index (χ0v) is 13.3. The Bertz CT molecular complexity index is 572. The van der Waals surface area contributed by atoms with Crippen molar-refractivity contribution in [2.45, 2.75) is 39.2 Å². The summed E-state index contributed by atoms with van der Waals surface area (Å²) in [6.45, 7) is 6.77. The Hall–Kier alpha value is -0.730. The van der Waals surface area contributed by atoms with Gasteiger partial charge in [0.15, 0.2) is 0 Å². The van der Waals surface area contributed by atoms with E-state index in [1.807, 2.05) is 0 Å². The maximum absolute atomic E-state index is 6.41. The number of fused-ring (bicyclic) bond motifs is 1. The molecule has 108 valence electrons. The van der Waals surface area contributed by atoms with Crippen LogP contribution in [-0.4, -0.2) is 31.1 Å². The molecule has 0 spiro atoms. The predicted octanol–water partition coefficient (Wildman–Crippen LogP) is 3.42. The van der Waals surface area contributed by atoms with E-state index in [0.717, 1.165) is 18.1 Å². The van der Waals surface area contributed by atoms with Gasteiger partial charge in [-0.25, -0.2) is 0 Å². The lowest BCUT2D eigenvalue weighted by Crippen LogP contribution is -2.48. The zero-order valence-electron chi connectivity index (χ0n) is 12.6. The van der Waals surface area contributed by atoms with Crippen molar-refractivity contribution in [3.63, 3.8) is 0 Å². The monoisotopic (exact) mass is 290 g/mol. The first kappa shape index (κ1) is 13.0. The van der Waals surface area contributed by atoms with E-state index in [0.29, 0.717) is 12.0 Å². The normalized spacial score (nSPS) is 42.4. The molecular formula is C17H23ClN2. The molecule has 3 heteroatoms. The van der Waals surface area contributed by atoms with Crippen molar-refractivity contribution >= 4 is 11.6 Å². The van der Waals surface area contributed by atoms with E-state index in [9.17, 15) is 0 Å². The molecule has 1 N–H and O–H groups in total. The number of nitrogens with one attached hydrogen (secondary N) is 1. The molecule has 0 saturated carbocycles. The van der Waals surface area contributed by atoms with Gasteiger partial charge in [0.1, 0.15) is 0 Å². The van der Waals surface area contributed by atoms with Crippen LogP contribution in [0.1, 0.15) is 33.1 Å². The summed E-state index contributed by atoms with van der Waals surface area (Å²) in [6.07, 6.45) is 5.88. The minimum absolute atomic E-state index is 0.260. The quantitative estimate of drug-likeness (QED) is 0.735. The van der Waals surface area contributed by atoms with Gasteiger partial charge in [-0.15, -0.1) is 0 Å². The summed E-state index contributed by atoms with van der Waals surface area (Å²) in [5, 5.41) is 4.53. The molecule has 20 heavy (non-hydrogen) atoms. The number of halogens is 1. The van der Waals surface area contributed by atoms with Crippen LogP contribution in [0.4, 0.5) is 0 Å². The summed E-state index contributed by atoms with van der Waals surface area (Å²) in [4.78, 5) is 2.57. The second kappa shape index (κ2) is 4.14. The van der Waals surface area contributed by atoms with Gasteiger partial charge in [-0.1, -0.05) is 31.0 Å². The Kier molecular flexibility index (Phi) is 2.69. The van der Waals surface area contributed by atoms with Gasteiger partial charge in [0, 0.05) is 42.3 Å². The maximum Gasteiger partial charge on any atom is 0.0359 e. The molecule has 0 amide bonds. The van der Waals surface area contributed by atoms with Gasteiger partial charge in [-0.05, 0) is 42.4 Å². The highest BCUT2D eigenvalue weighted by molar-refractivity contribution is 6.30. The number of hydrogen-bond donors (Lipinski definition) is 1. The molecule has 5 bridgehead atoms. The number of hydrogen-bond acceptors (Lipinski definition) is 2. The lowest BCUT2D eigenvalue weighted by atomic mass is 9.65. The maximum atomic E-state index is 6.41. The summed E-state index contributed by atoms with van der Waals surface area (Å²) >= 11 is 6.41. The first-order chi connectivity index (χ1) is 9.52. The number of likely N-dealkylation sites (tertiary alicyclic amines) is 1. The SMILES string of the molecule is CC1C2CC3=C(CCC4=C3/C=C(/Cl)CNCC41C)N2C. The van der Waals surface area contributed by atoms with Crippen LogP contribution in [0.3, 0.4) is 0 Å². The van der Waals surface area contributed by atoms with Crippen LogP contribution in [0, 0.1) is 11.3 Å². The molecular weight excluding hydrogens is 268 g/mol. The molecule has 2 heterocycles. The molecule has 0 saturated heterocycles. The van der Waals surface area contributed by atoms with E-state index in [-0.39, 0.29) is 5.41 Å². The number of nitrogens with zero attached hydrogens (tertiary/aromatic N) is 1. The fourth-order valence-corrected chi connectivity index (χ4v) is 5.13.